The minimum atomic E-state index is -0.994. The van der Waals surface area contributed by atoms with Crippen LogP contribution in [0.3, 0.4) is 0 Å². The van der Waals surface area contributed by atoms with Crippen LogP contribution in [0.15, 0.2) is 75.0 Å². The van der Waals surface area contributed by atoms with Gasteiger partial charge in [0.2, 0.25) is 0 Å². The molecule has 1 amide bonds. The molecule has 3 aromatic rings. The highest BCUT2D eigenvalue weighted by molar-refractivity contribution is 8.18. The molecular formula is C23H17FN2O4S. The van der Waals surface area contributed by atoms with E-state index >= 15 is 0 Å². The van der Waals surface area contributed by atoms with Crippen molar-refractivity contribution in [2.75, 3.05) is 6.54 Å². The summed E-state index contributed by atoms with van der Waals surface area (Å²) in [6.07, 6.45) is 1.65. The summed E-state index contributed by atoms with van der Waals surface area (Å²) in [6.45, 7) is 2.30. The van der Waals surface area contributed by atoms with E-state index in [9.17, 15) is 14.0 Å². The molecule has 1 fully saturated rings. The number of thioether (sulfide) groups is 1. The topological polar surface area (TPSA) is 83.1 Å². The molecule has 4 rings (SSSR count). The van der Waals surface area contributed by atoms with Crippen LogP contribution in [0.1, 0.15) is 23.0 Å². The molecule has 0 unspecified atom stereocenters. The summed E-state index contributed by atoms with van der Waals surface area (Å²) in [6, 6.07) is 15.6. The van der Waals surface area contributed by atoms with Gasteiger partial charge in [-0.2, -0.15) is 0 Å². The van der Waals surface area contributed by atoms with E-state index in [1.54, 1.807) is 47.4 Å². The molecular weight excluding hydrogens is 419 g/mol. The fourth-order valence-corrected chi connectivity index (χ4v) is 4.03. The molecule has 1 aliphatic rings. The van der Waals surface area contributed by atoms with Crippen LogP contribution in [0.25, 0.3) is 17.4 Å². The number of furan rings is 1. The van der Waals surface area contributed by atoms with Gasteiger partial charge in [-0.25, -0.2) is 14.2 Å². The van der Waals surface area contributed by atoms with Gasteiger partial charge in [0.15, 0.2) is 5.17 Å². The second-order valence-electron chi connectivity index (χ2n) is 6.62. The van der Waals surface area contributed by atoms with Gasteiger partial charge >= 0.3 is 5.97 Å². The Hall–Kier alpha value is -3.65. The van der Waals surface area contributed by atoms with Crippen LogP contribution >= 0.6 is 11.8 Å². The fourth-order valence-electron chi connectivity index (χ4n) is 2.99. The second kappa shape index (κ2) is 8.61. The predicted octanol–water partition coefficient (Wildman–Crippen LogP) is 5.41. The molecule has 31 heavy (non-hydrogen) atoms. The van der Waals surface area contributed by atoms with Crippen LogP contribution in [-0.2, 0) is 4.79 Å². The van der Waals surface area contributed by atoms with E-state index in [4.69, 9.17) is 9.52 Å². The van der Waals surface area contributed by atoms with E-state index in [1.165, 1.54) is 36.0 Å². The van der Waals surface area contributed by atoms with Crippen molar-refractivity contribution in [1.29, 1.82) is 0 Å². The molecule has 0 spiro atoms. The van der Waals surface area contributed by atoms with Crippen LogP contribution in [0.5, 0.6) is 0 Å². The van der Waals surface area contributed by atoms with Crippen molar-refractivity contribution in [3.05, 3.63) is 82.7 Å². The lowest BCUT2D eigenvalue weighted by Gasteiger charge is -2.11. The largest absolute Gasteiger partial charge is 0.478 e. The summed E-state index contributed by atoms with van der Waals surface area (Å²) < 4.78 is 19.0. The van der Waals surface area contributed by atoms with Gasteiger partial charge in [0, 0.05) is 18.2 Å². The Labute approximate surface area is 181 Å². The van der Waals surface area contributed by atoms with Crippen molar-refractivity contribution >= 4 is 40.6 Å². The Morgan fingerprint density at radius 2 is 1.84 bits per heavy atom. The summed E-state index contributed by atoms with van der Waals surface area (Å²) in [7, 11) is 0. The molecule has 6 nitrogen and oxygen atoms in total. The first kappa shape index (κ1) is 20.6. The molecule has 0 saturated carbocycles. The maximum atomic E-state index is 13.1. The average Bonchev–Trinajstić information content (AvgIpc) is 3.34. The lowest BCUT2D eigenvalue weighted by Crippen LogP contribution is -2.28. The molecule has 0 atom stereocenters. The quantitative estimate of drug-likeness (QED) is 0.541. The van der Waals surface area contributed by atoms with Crippen LogP contribution < -0.4 is 0 Å². The maximum absolute atomic E-state index is 13.1. The summed E-state index contributed by atoms with van der Waals surface area (Å²) in [5.74, 6) is -0.471. The molecule has 0 radical (unpaired) electrons. The minimum absolute atomic E-state index is 0.183. The third kappa shape index (κ3) is 4.44. The van der Waals surface area contributed by atoms with Gasteiger partial charge in [0.25, 0.3) is 5.91 Å². The molecule has 1 saturated heterocycles. The van der Waals surface area contributed by atoms with Crippen molar-refractivity contribution in [2.45, 2.75) is 6.92 Å². The Morgan fingerprint density at radius 1 is 1.13 bits per heavy atom. The number of aliphatic imine (C=N–C) groups is 1. The number of carboxylic acid groups (broad SMARTS) is 1. The number of amidine groups is 1. The van der Waals surface area contributed by atoms with Gasteiger partial charge in [-0.1, -0.05) is 12.1 Å². The Bertz CT molecular complexity index is 1200. The van der Waals surface area contributed by atoms with Gasteiger partial charge in [0.1, 0.15) is 17.3 Å². The van der Waals surface area contributed by atoms with Crippen molar-refractivity contribution in [1.82, 2.24) is 4.90 Å². The van der Waals surface area contributed by atoms with Gasteiger partial charge < -0.3 is 9.52 Å². The summed E-state index contributed by atoms with van der Waals surface area (Å²) in [4.78, 5) is 30.2. The predicted molar refractivity (Wildman–Crippen MR) is 118 cm³/mol. The number of halogens is 1. The van der Waals surface area contributed by atoms with E-state index in [0.717, 1.165) is 5.56 Å². The number of likely N-dealkylation sites (N-methyl/N-ethyl adjacent to an activating group) is 1. The molecule has 1 aromatic heterocycles. The highest BCUT2D eigenvalue weighted by Gasteiger charge is 2.32. The third-order valence-corrected chi connectivity index (χ3v) is 5.58. The Balaban J connectivity index is 1.58. The second-order valence-corrected chi connectivity index (χ2v) is 7.62. The van der Waals surface area contributed by atoms with Gasteiger partial charge in [-0.05, 0) is 67.2 Å². The number of hydrogen-bond acceptors (Lipinski definition) is 5. The zero-order chi connectivity index (χ0) is 22.0. The maximum Gasteiger partial charge on any atom is 0.335 e. The normalized spacial score (nSPS) is 16.5. The van der Waals surface area contributed by atoms with Crippen LogP contribution in [0, 0.1) is 5.82 Å². The number of aromatic carboxylic acids is 1. The van der Waals surface area contributed by atoms with E-state index in [2.05, 4.69) is 4.99 Å². The van der Waals surface area contributed by atoms with E-state index in [0.29, 0.717) is 33.8 Å². The first-order chi connectivity index (χ1) is 14.9. The van der Waals surface area contributed by atoms with Gasteiger partial charge in [-0.3, -0.25) is 9.69 Å². The molecule has 1 aliphatic heterocycles. The van der Waals surface area contributed by atoms with Crippen LogP contribution in [-0.4, -0.2) is 33.6 Å². The Morgan fingerprint density at radius 3 is 2.48 bits per heavy atom. The number of hydrogen-bond donors (Lipinski definition) is 1. The zero-order valence-corrected chi connectivity index (χ0v) is 17.2. The number of carbonyl (C=O) groups excluding carboxylic acids is 1. The third-order valence-electron chi connectivity index (χ3n) is 4.57. The Kier molecular flexibility index (Phi) is 5.73. The lowest BCUT2D eigenvalue weighted by atomic mass is 10.1. The standard InChI is InChI=1S/C23H17FN2O4S/c1-2-26-21(27)20(31-23(26)25-17-9-7-16(24)8-10-17)13-18-11-12-19(30-18)14-3-5-15(6-4-14)22(28)29/h3-13H,2H2,1H3,(H,28,29). The number of nitrogens with zero attached hydrogens (tertiary/aromatic N) is 2. The van der Waals surface area contributed by atoms with Crippen LogP contribution in [0.4, 0.5) is 10.1 Å². The van der Waals surface area contributed by atoms with Crippen molar-refractivity contribution in [2.24, 2.45) is 4.99 Å². The van der Waals surface area contributed by atoms with Gasteiger partial charge in [-0.15, -0.1) is 0 Å². The first-order valence-corrected chi connectivity index (χ1v) is 10.3. The number of carboxylic acids is 1. The average molecular weight is 436 g/mol. The highest BCUT2D eigenvalue weighted by atomic mass is 32.2. The smallest absolute Gasteiger partial charge is 0.335 e. The number of benzene rings is 2. The molecule has 0 aliphatic carbocycles. The number of carbonyl (C=O) groups is 2. The summed E-state index contributed by atoms with van der Waals surface area (Å²) in [5.41, 5.74) is 1.48. The molecule has 1 N–H and O–H groups in total. The molecule has 156 valence electrons. The molecule has 2 heterocycles. The molecule has 8 heteroatoms. The first-order valence-electron chi connectivity index (χ1n) is 9.44. The van der Waals surface area contributed by atoms with Crippen molar-refractivity contribution < 1.29 is 23.5 Å². The van der Waals surface area contributed by atoms with Gasteiger partial charge in [0.05, 0.1) is 16.2 Å². The summed E-state index contributed by atoms with van der Waals surface area (Å²) in [5, 5.41) is 9.52. The SMILES string of the molecule is CCN1C(=O)C(=Cc2ccc(-c3ccc(C(=O)O)cc3)o2)SC1=Nc1ccc(F)cc1. The van der Waals surface area contributed by atoms with E-state index in [-0.39, 0.29) is 17.3 Å². The highest BCUT2D eigenvalue weighted by Crippen LogP contribution is 2.35. The van der Waals surface area contributed by atoms with E-state index < -0.39 is 5.97 Å². The zero-order valence-electron chi connectivity index (χ0n) is 16.4. The fraction of sp³-hybridized carbons (Fsp3) is 0.0870. The molecule has 2 aromatic carbocycles. The number of rotatable bonds is 5. The summed E-state index contributed by atoms with van der Waals surface area (Å²) >= 11 is 1.22. The van der Waals surface area contributed by atoms with Crippen LogP contribution in [0.2, 0.25) is 0 Å². The van der Waals surface area contributed by atoms with Crippen molar-refractivity contribution in [3.8, 4) is 11.3 Å². The van der Waals surface area contributed by atoms with E-state index in [1.807, 2.05) is 6.92 Å². The number of amides is 1. The monoisotopic (exact) mass is 436 g/mol. The minimum Gasteiger partial charge on any atom is -0.478 e. The lowest BCUT2D eigenvalue weighted by molar-refractivity contribution is -0.122. The molecule has 0 bridgehead atoms. The van der Waals surface area contributed by atoms with Crippen molar-refractivity contribution in [3.63, 3.8) is 0 Å².